The quantitative estimate of drug-likeness (QED) is 0.778. The van der Waals surface area contributed by atoms with E-state index >= 15 is 0 Å². The minimum Gasteiger partial charge on any atom is -0.364 e. The smallest absolute Gasteiger partial charge is 0.276 e. The largest absolute Gasteiger partial charge is 0.364 e. The molecule has 0 radical (unpaired) electrons. The molecule has 1 amide bonds. The Hall–Kier alpha value is -0.980. The molecule has 0 unspecified atom stereocenters. The molecule has 0 bridgehead atoms. The molecule has 0 aliphatic carbocycles. The maximum Gasteiger partial charge on any atom is 0.276 e. The molecule has 1 aromatic rings. The van der Waals surface area contributed by atoms with Crippen LogP contribution in [-0.4, -0.2) is 43.5 Å². The Labute approximate surface area is 109 Å². The molecule has 0 aliphatic rings. The number of pyridine rings is 1. The van der Waals surface area contributed by atoms with Crippen LogP contribution in [0.25, 0.3) is 0 Å². The normalized spacial score (nSPS) is 10.4. The van der Waals surface area contributed by atoms with Gasteiger partial charge in [-0.3, -0.25) is 9.69 Å². The summed E-state index contributed by atoms with van der Waals surface area (Å²) >= 11 is 3.31. The predicted molar refractivity (Wildman–Crippen MR) is 66.6 cm³/mol. The van der Waals surface area contributed by atoms with Crippen molar-refractivity contribution in [2.24, 2.45) is 0 Å². The summed E-state index contributed by atoms with van der Waals surface area (Å²) < 4.78 is 10.7. The Bertz CT molecular complexity index is 392. The monoisotopic (exact) mass is 302 g/mol. The second-order valence-corrected chi connectivity index (χ2v) is 4.42. The molecule has 5 nitrogen and oxygen atoms in total. The summed E-state index contributed by atoms with van der Waals surface area (Å²) in [5.74, 6) is -0.210. The molecule has 0 fully saturated rings. The fourth-order valence-corrected chi connectivity index (χ4v) is 1.83. The Balaban J connectivity index is 2.92. The third-order valence-corrected chi connectivity index (χ3v) is 2.54. The third kappa shape index (κ3) is 3.76. The van der Waals surface area contributed by atoms with Crippen LogP contribution < -0.4 is 0 Å². The summed E-state index contributed by atoms with van der Waals surface area (Å²) in [6.45, 7) is 2.18. The van der Waals surface area contributed by atoms with Gasteiger partial charge in [-0.2, -0.15) is 0 Å². The van der Waals surface area contributed by atoms with Gasteiger partial charge in [0.1, 0.15) is 19.2 Å². The molecular weight excluding hydrogens is 288 g/mol. The van der Waals surface area contributed by atoms with Crippen LogP contribution in [0.3, 0.4) is 0 Å². The third-order valence-electron chi connectivity index (χ3n) is 2.10. The standard InChI is InChI=1S/C11H15BrN2O3/c1-8-4-9(12)5-13-10(8)11(15)14(6-16-2)7-17-3/h4-5H,6-7H2,1-3H3. The minimum absolute atomic E-state index is 0.170. The number of aryl methyl sites for hydroxylation is 1. The van der Waals surface area contributed by atoms with Crippen molar-refractivity contribution in [1.82, 2.24) is 9.88 Å². The van der Waals surface area contributed by atoms with Crippen molar-refractivity contribution >= 4 is 21.8 Å². The van der Waals surface area contributed by atoms with Crippen LogP contribution in [0.4, 0.5) is 0 Å². The molecule has 1 aromatic heterocycles. The number of carbonyl (C=O) groups excluding carboxylic acids is 1. The summed E-state index contributed by atoms with van der Waals surface area (Å²) in [6, 6.07) is 1.85. The molecule has 0 aromatic carbocycles. The van der Waals surface area contributed by atoms with E-state index in [0.717, 1.165) is 10.0 Å². The van der Waals surface area contributed by atoms with Gasteiger partial charge in [0.25, 0.3) is 5.91 Å². The van der Waals surface area contributed by atoms with Crippen molar-refractivity contribution in [3.63, 3.8) is 0 Å². The van der Waals surface area contributed by atoms with Gasteiger partial charge in [-0.25, -0.2) is 4.98 Å². The van der Waals surface area contributed by atoms with Gasteiger partial charge in [0.05, 0.1) is 0 Å². The molecule has 0 saturated carbocycles. The Kier molecular flexibility index (Phi) is 5.54. The first-order valence-electron chi connectivity index (χ1n) is 4.99. The van der Waals surface area contributed by atoms with Crippen LogP contribution in [0.5, 0.6) is 0 Å². The first-order chi connectivity index (χ1) is 8.10. The van der Waals surface area contributed by atoms with Crippen LogP contribution in [0.1, 0.15) is 16.1 Å². The number of aromatic nitrogens is 1. The van der Waals surface area contributed by atoms with Crippen molar-refractivity contribution in [2.45, 2.75) is 6.92 Å². The number of hydrogen-bond donors (Lipinski definition) is 0. The van der Waals surface area contributed by atoms with Gasteiger partial charge in [-0.1, -0.05) is 0 Å². The number of amides is 1. The van der Waals surface area contributed by atoms with Gasteiger partial charge in [0, 0.05) is 24.9 Å². The van der Waals surface area contributed by atoms with E-state index in [9.17, 15) is 4.79 Å². The Morgan fingerprint density at radius 1 is 1.41 bits per heavy atom. The minimum atomic E-state index is -0.210. The first kappa shape index (κ1) is 14.1. The van der Waals surface area contributed by atoms with Crippen molar-refractivity contribution in [3.8, 4) is 0 Å². The van der Waals surface area contributed by atoms with Crippen molar-refractivity contribution in [3.05, 3.63) is 28.0 Å². The van der Waals surface area contributed by atoms with E-state index in [-0.39, 0.29) is 19.4 Å². The Morgan fingerprint density at radius 2 is 2.00 bits per heavy atom. The molecular formula is C11H15BrN2O3. The first-order valence-corrected chi connectivity index (χ1v) is 5.78. The summed E-state index contributed by atoms with van der Waals surface area (Å²) in [4.78, 5) is 17.7. The number of nitrogens with zero attached hydrogens (tertiary/aromatic N) is 2. The molecule has 1 heterocycles. The van der Waals surface area contributed by atoms with Crippen LogP contribution in [0.15, 0.2) is 16.7 Å². The van der Waals surface area contributed by atoms with Crippen molar-refractivity contribution < 1.29 is 14.3 Å². The molecule has 0 aliphatic heterocycles. The van der Waals surface area contributed by atoms with Crippen LogP contribution in [-0.2, 0) is 9.47 Å². The molecule has 94 valence electrons. The molecule has 6 heteroatoms. The lowest BCUT2D eigenvalue weighted by Crippen LogP contribution is -2.35. The second kappa shape index (κ2) is 6.68. The number of hydrogen-bond acceptors (Lipinski definition) is 4. The molecule has 1 rings (SSSR count). The SMILES string of the molecule is COCN(COC)C(=O)c1ncc(Br)cc1C. The zero-order valence-corrected chi connectivity index (χ0v) is 11.7. The van der Waals surface area contributed by atoms with Crippen molar-refractivity contribution in [1.29, 1.82) is 0 Å². The van der Waals surface area contributed by atoms with E-state index in [0.29, 0.717) is 5.69 Å². The van der Waals surface area contributed by atoms with Crippen LogP contribution in [0, 0.1) is 6.92 Å². The van der Waals surface area contributed by atoms with Gasteiger partial charge in [-0.05, 0) is 34.5 Å². The maximum atomic E-state index is 12.1. The lowest BCUT2D eigenvalue weighted by atomic mass is 10.2. The highest BCUT2D eigenvalue weighted by molar-refractivity contribution is 9.10. The highest BCUT2D eigenvalue weighted by Crippen LogP contribution is 2.14. The second-order valence-electron chi connectivity index (χ2n) is 3.50. The van der Waals surface area contributed by atoms with Crippen LogP contribution >= 0.6 is 15.9 Å². The van der Waals surface area contributed by atoms with Gasteiger partial charge >= 0.3 is 0 Å². The number of methoxy groups -OCH3 is 2. The number of ether oxygens (including phenoxy) is 2. The van der Waals surface area contributed by atoms with Crippen LogP contribution in [0.2, 0.25) is 0 Å². The highest BCUT2D eigenvalue weighted by atomic mass is 79.9. The molecule has 0 spiro atoms. The zero-order chi connectivity index (χ0) is 12.8. The maximum absolute atomic E-state index is 12.1. The molecule has 0 atom stereocenters. The van der Waals surface area contributed by atoms with E-state index in [1.54, 1.807) is 6.20 Å². The number of halogens is 1. The van der Waals surface area contributed by atoms with Gasteiger partial charge in [0.2, 0.25) is 0 Å². The van der Waals surface area contributed by atoms with E-state index in [2.05, 4.69) is 20.9 Å². The average Bonchev–Trinajstić information content (AvgIpc) is 2.28. The van der Waals surface area contributed by atoms with E-state index in [1.807, 2.05) is 13.0 Å². The lowest BCUT2D eigenvalue weighted by molar-refractivity contribution is -0.00522. The summed E-state index contributed by atoms with van der Waals surface area (Å²) in [5, 5.41) is 0. The van der Waals surface area contributed by atoms with E-state index in [4.69, 9.17) is 9.47 Å². The topological polar surface area (TPSA) is 51.7 Å². The average molecular weight is 303 g/mol. The summed E-state index contributed by atoms with van der Waals surface area (Å²) in [5.41, 5.74) is 1.21. The lowest BCUT2D eigenvalue weighted by Gasteiger charge is -2.20. The predicted octanol–water partition coefficient (Wildman–Crippen LogP) is 1.80. The molecule has 0 saturated heterocycles. The van der Waals surface area contributed by atoms with E-state index in [1.165, 1.54) is 19.1 Å². The summed E-state index contributed by atoms with van der Waals surface area (Å²) in [6.07, 6.45) is 1.60. The van der Waals surface area contributed by atoms with Gasteiger partial charge in [0.15, 0.2) is 0 Å². The number of carbonyl (C=O) groups is 1. The molecule has 0 N–H and O–H groups in total. The zero-order valence-electron chi connectivity index (χ0n) is 10.1. The van der Waals surface area contributed by atoms with Crippen molar-refractivity contribution in [2.75, 3.05) is 27.7 Å². The molecule has 17 heavy (non-hydrogen) atoms. The number of rotatable bonds is 5. The fraction of sp³-hybridized carbons (Fsp3) is 0.455. The summed E-state index contributed by atoms with van der Waals surface area (Å²) in [7, 11) is 3.05. The Morgan fingerprint density at radius 3 is 2.47 bits per heavy atom. The fourth-order valence-electron chi connectivity index (χ4n) is 1.38. The van der Waals surface area contributed by atoms with E-state index < -0.39 is 0 Å². The highest BCUT2D eigenvalue weighted by Gasteiger charge is 2.18. The van der Waals surface area contributed by atoms with Gasteiger partial charge in [-0.15, -0.1) is 0 Å². The van der Waals surface area contributed by atoms with Gasteiger partial charge < -0.3 is 9.47 Å².